The van der Waals surface area contributed by atoms with Gasteiger partial charge < -0.3 is 9.64 Å². The number of rotatable bonds is 4. The lowest BCUT2D eigenvalue weighted by atomic mass is 9.99. The van der Waals surface area contributed by atoms with Crippen LogP contribution in [0.2, 0.25) is 0 Å². The van der Waals surface area contributed by atoms with Gasteiger partial charge in [0.2, 0.25) is 0 Å². The summed E-state index contributed by atoms with van der Waals surface area (Å²) in [5.74, 6) is -1.10. The third kappa shape index (κ3) is 5.25. The summed E-state index contributed by atoms with van der Waals surface area (Å²) in [7, 11) is 0. The van der Waals surface area contributed by atoms with Gasteiger partial charge in [-0.2, -0.15) is 13.2 Å². The molecule has 152 valence electrons. The largest absolute Gasteiger partial charge is 0.449 e. The minimum absolute atomic E-state index is 0.211. The number of esters is 1. The molecule has 1 atom stereocenters. The number of fused-ring (bicyclic) bond motifs is 1. The minimum Gasteiger partial charge on any atom is -0.449 e. The predicted molar refractivity (Wildman–Crippen MR) is 102 cm³/mol. The second-order valence-electron chi connectivity index (χ2n) is 6.81. The number of carbonyl (C=O) groups is 2. The monoisotopic (exact) mass is 403 g/mol. The molecule has 0 saturated heterocycles. The maximum absolute atomic E-state index is 12.7. The zero-order chi connectivity index (χ0) is 21.0. The average molecular weight is 403 g/mol. The topological polar surface area (TPSA) is 46.6 Å². The standard InChI is InChI=1S/C22H20F3NO3/c1-15(21(28)26-12-11-17-6-2-3-7-18(17)14-26)29-20(27)10-9-16-5-4-8-19(13-16)22(23,24)25/h2-10,13,15H,11-12,14H2,1H3/b10-9+/t15-/m1/s1. The van der Waals surface area contributed by atoms with Crippen LogP contribution < -0.4 is 0 Å². The van der Waals surface area contributed by atoms with E-state index in [0.717, 1.165) is 30.2 Å². The molecule has 2 aromatic rings. The van der Waals surface area contributed by atoms with Crippen molar-refractivity contribution in [1.29, 1.82) is 0 Å². The van der Waals surface area contributed by atoms with Gasteiger partial charge in [-0.25, -0.2) is 4.79 Å². The molecule has 1 aliphatic heterocycles. The molecule has 0 radical (unpaired) electrons. The number of carbonyl (C=O) groups excluding carboxylic acids is 2. The molecule has 1 heterocycles. The Morgan fingerprint density at radius 1 is 1.10 bits per heavy atom. The van der Waals surface area contributed by atoms with Crippen LogP contribution in [0.25, 0.3) is 6.08 Å². The lowest BCUT2D eigenvalue weighted by Gasteiger charge is -2.30. The molecule has 0 spiro atoms. The highest BCUT2D eigenvalue weighted by molar-refractivity contribution is 5.90. The van der Waals surface area contributed by atoms with Crippen LogP contribution in [0.4, 0.5) is 13.2 Å². The van der Waals surface area contributed by atoms with E-state index in [1.165, 1.54) is 30.7 Å². The van der Waals surface area contributed by atoms with Crippen molar-refractivity contribution in [3.05, 3.63) is 76.9 Å². The molecule has 0 aliphatic carbocycles. The first-order valence-electron chi connectivity index (χ1n) is 9.15. The highest BCUT2D eigenvalue weighted by Gasteiger charge is 2.30. The Balaban J connectivity index is 1.58. The number of benzene rings is 2. The molecule has 3 rings (SSSR count). The summed E-state index contributed by atoms with van der Waals surface area (Å²) in [5, 5.41) is 0. The molecular weight excluding hydrogens is 383 g/mol. The quantitative estimate of drug-likeness (QED) is 0.567. The van der Waals surface area contributed by atoms with Crippen molar-refractivity contribution in [1.82, 2.24) is 4.90 Å². The van der Waals surface area contributed by atoms with Crippen LogP contribution in [-0.4, -0.2) is 29.4 Å². The van der Waals surface area contributed by atoms with Crippen molar-refractivity contribution in [2.75, 3.05) is 6.54 Å². The van der Waals surface area contributed by atoms with E-state index >= 15 is 0 Å². The number of hydrogen-bond donors (Lipinski definition) is 0. The van der Waals surface area contributed by atoms with Gasteiger partial charge in [-0.15, -0.1) is 0 Å². The summed E-state index contributed by atoms with van der Waals surface area (Å²) in [6, 6.07) is 12.4. The number of amides is 1. The number of ether oxygens (including phenoxy) is 1. The Labute approximate surface area is 166 Å². The minimum atomic E-state index is -4.46. The van der Waals surface area contributed by atoms with Crippen LogP contribution in [0.15, 0.2) is 54.6 Å². The van der Waals surface area contributed by atoms with Gasteiger partial charge >= 0.3 is 12.1 Å². The zero-order valence-electron chi connectivity index (χ0n) is 15.8. The van der Waals surface area contributed by atoms with Crippen LogP contribution in [0.3, 0.4) is 0 Å². The molecule has 1 aliphatic rings. The maximum atomic E-state index is 12.7. The first-order chi connectivity index (χ1) is 13.7. The number of alkyl halides is 3. The first kappa shape index (κ1) is 20.6. The highest BCUT2D eigenvalue weighted by atomic mass is 19.4. The average Bonchev–Trinajstić information content (AvgIpc) is 2.71. The molecule has 4 nitrogen and oxygen atoms in total. The highest BCUT2D eigenvalue weighted by Crippen LogP contribution is 2.29. The van der Waals surface area contributed by atoms with Gasteiger partial charge in [0.15, 0.2) is 6.10 Å². The van der Waals surface area contributed by atoms with E-state index in [-0.39, 0.29) is 11.5 Å². The molecule has 7 heteroatoms. The zero-order valence-corrected chi connectivity index (χ0v) is 15.8. The van der Waals surface area contributed by atoms with Crippen LogP contribution in [0.1, 0.15) is 29.2 Å². The van der Waals surface area contributed by atoms with Crippen LogP contribution in [0, 0.1) is 0 Å². The molecule has 0 aromatic heterocycles. The molecule has 0 saturated carbocycles. The van der Waals surface area contributed by atoms with E-state index in [0.29, 0.717) is 13.1 Å². The van der Waals surface area contributed by atoms with Gasteiger partial charge in [-0.05, 0) is 48.2 Å². The van der Waals surface area contributed by atoms with Crippen LogP contribution >= 0.6 is 0 Å². The van der Waals surface area contributed by atoms with E-state index < -0.39 is 23.8 Å². The summed E-state index contributed by atoms with van der Waals surface area (Å²) >= 11 is 0. The second kappa shape index (κ2) is 8.51. The van der Waals surface area contributed by atoms with Crippen molar-refractivity contribution in [3.8, 4) is 0 Å². The van der Waals surface area contributed by atoms with E-state index in [1.807, 2.05) is 24.3 Å². The molecule has 1 amide bonds. The van der Waals surface area contributed by atoms with Gasteiger partial charge in [-0.3, -0.25) is 4.79 Å². The Morgan fingerprint density at radius 3 is 2.55 bits per heavy atom. The number of halogens is 3. The van der Waals surface area contributed by atoms with E-state index in [2.05, 4.69) is 0 Å². The van der Waals surface area contributed by atoms with Gasteiger partial charge in [0.1, 0.15) is 0 Å². The van der Waals surface area contributed by atoms with Gasteiger partial charge in [0, 0.05) is 19.2 Å². The summed E-state index contributed by atoms with van der Waals surface area (Å²) < 4.78 is 43.4. The molecule has 0 fully saturated rings. The Morgan fingerprint density at radius 2 is 1.83 bits per heavy atom. The first-order valence-corrected chi connectivity index (χ1v) is 9.15. The fraction of sp³-hybridized carbons (Fsp3) is 0.273. The van der Waals surface area contributed by atoms with Gasteiger partial charge in [0.25, 0.3) is 5.91 Å². The normalized spacial score (nSPS) is 15.1. The molecule has 29 heavy (non-hydrogen) atoms. The van der Waals surface area contributed by atoms with Gasteiger partial charge in [-0.1, -0.05) is 36.4 Å². The third-order valence-electron chi connectivity index (χ3n) is 4.71. The Kier molecular flexibility index (Phi) is 6.06. The van der Waals surface area contributed by atoms with E-state index in [4.69, 9.17) is 4.74 Å². The van der Waals surface area contributed by atoms with Crippen molar-refractivity contribution in [3.63, 3.8) is 0 Å². The molecule has 0 N–H and O–H groups in total. The maximum Gasteiger partial charge on any atom is 0.416 e. The van der Waals surface area contributed by atoms with Crippen molar-refractivity contribution >= 4 is 18.0 Å². The van der Waals surface area contributed by atoms with E-state index in [1.54, 1.807) is 4.90 Å². The summed E-state index contributed by atoms with van der Waals surface area (Å²) in [6.45, 7) is 2.48. The lowest BCUT2D eigenvalue weighted by molar-refractivity contribution is -0.155. The molecule has 2 aromatic carbocycles. The second-order valence-corrected chi connectivity index (χ2v) is 6.81. The molecular formula is C22H20F3NO3. The summed E-state index contributed by atoms with van der Waals surface area (Å²) in [5.41, 5.74) is 1.67. The van der Waals surface area contributed by atoms with Crippen molar-refractivity contribution < 1.29 is 27.5 Å². The van der Waals surface area contributed by atoms with Gasteiger partial charge in [0.05, 0.1) is 5.56 Å². The summed E-state index contributed by atoms with van der Waals surface area (Å²) in [6.07, 6.45) is -2.47. The smallest absolute Gasteiger partial charge is 0.416 e. The third-order valence-corrected chi connectivity index (χ3v) is 4.71. The Bertz CT molecular complexity index is 937. The predicted octanol–water partition coefficient (Wildman–Crippen LogP) is 4.24. The molecule has 0 bridgehead atoms. The SMILES string of the molecule is C[C@@H](OC(=O)/C=C/c1cccc(C(F)(F)F)c1)C(=O)N1CCc2ccccc2C1. The lowest BCUT2D eigenvalue weighted by Crippen LogP contribution is -2.42. The Hall–Kier alpha value is -3.09. The number of hydrogen-bond acceptors (Lipinski definition) is 3. The molecule has 0 unspecified atom stereocenters. The summed E-state index contributed by atoms with van der Waals surface area (Å²) in [4.78, 5) is 26.2. The fourth-order valence-corrected chi connectivity index (χ4v) is 3.19. The van der Waals surface area contributed by atoms with E-state index in [9.17, 15) is 22.8 Å². The fourth-order valence-electron chi connectivity index (χ4n) is 3.19. The number of nitrogens with zero attached hydrogens (tertiary/aromatic N) is 1. The van der Waals surface area contributed by atoms with Crippen LogP contribution in [-0.2, 0) is 33.5 Å². The van der Waals surface area contributed by atoms with Crippen molar-refractivity contribution in [2.24, 2.45) is 0 Å². The van der Waals surface area contributed by atoms with Crippen molar-refractivity contribution in [2.45, 2.75) is 32.2 Å². The van der Waals surface area contributed by atoms with Crippen LogP contribution in [0.5, 0.6) is 0 Å².